The molecule has 0 bridgehead atoms. The lowest BCUT2D eigenvalue weighted by Crippen LogP contribution is -2.54. The van der Waals surface area contributed by atoms with E-state index in [1.807, 2.05) is 110 Å². The van der Waals surface area contributed by atoms with Gasteiger partial charge in [-0.15, -0.1) is 11.8 Å². The number of ketones is 3. The molecule has 0 radical (unpaired) electrons. The molecule has 2 aromatic carbocycles. The number of primary amides is 1. The second kappa shape index (κ2) is 45.5. The van der Waals surface area contributed by atoms with E-state index in [0.717, 1.165) is 42.6 Å². The van der Waals surface area contributed by atoms with E-state index in [-0.39, 0.29) is 151 Å². The number of carbonyl (C=O) groups is 11. The van der Waals surface area contributed by atoms with Crippen LogP contribution >= 0.6 is 11.8 Å². The summed E-state index contributed by atoms with van der Waals surface area (Å²) < 4.78 is 17.0. The van der Waals surface area contributed by atoms with Crippen LogP contribution in [-0.2, 0) is 68.8 Å². The number of thioether (sulfide) groups is 1. The molecule has 2 saturated heterocycles. The number of likely N-dealkylation sites (tertiary alicyclic amines) is 2. The molecule has 6 N–H and O–H groups in total. The Balaban J connectivity index is 0.000000526. The molecular formula is C77H124N8O15S. The first-order chi connectivity index (χ1) is 47.7. The number of aliphatic hydroxyl groups is 1. The van der Waals surface area contributed by atoms with Crippen molar-refractivity contribution in [3.8, 4) is 0 Å². The van der Waals surface area contributed by atoms with Crippen LogP contribution in [0.1, 0.15) is 203 Å². The summed E-state index contributed by atoms with van der Waals surface area (Å²) in [6.07, 6.45) is 5.69. The lowest BCUT2D eigenvalue weighted by atomic mass is 9.83. The number of amides is 8. The van der Waals surface area contributed by atoms with Crippen molar-refractivity contribution in [3.05, 3.63) is 65.7 Å². The number of imide groups is 1. The minimum atomic E-state index is -0.797. The van der Waals surface area contributed by atoms with Gasteiger partial charge in [-0.2, -0.15) is 0 Å². The first-order valence-corrected chi connectivity index (χ1v) is 37.7. The number of methoxy groups -OCH3 is 2. The number of nitrogens with one attached hydrogen (secondary N) is 3. The first kappa shape index (κ1) is 88.6. The summed E-state index contributed by atoms with van der Waals surface area (Å²) >= 11 is 1.55. The highest BCUT2D eigenvalue weighted by atomic mass is 32.2. The van der Waals surface area contributed by atoms with Gasteiger partial charge in [-0.25, -0.2) is 4.79 Å². The number of hydrogen-bond acceptors (Lipinski definition) is 17. The first-order valence-electron chi connectivity index (χ1n) is 36.7. The zero-order valence-corrected chi connectivity index (χ0v) is 64.5. The molecule has 23 nitrogen and oxygen atoms in total. The monoisotopic (exact) mass is 1430 g/mol. The summed E-state index contributed by atoms with van der Waals surface area (Å²) in [4.78, 5) is 149. The van der Waals surface area contributed by atoms with Crippen LogP contribution in [-0.4, -0.2) is 192 Å². The molecule has 2 aliphatic rings. The maximum atomic E-state index is 14.3. The summed E-state index contributed by atoms with van der Waals surface area (Å²) in [5.41, 5.74) is 7.18. The Morgan fingerprint density at radius 3 is 1.98 bits per heavy atom. The SMILES string of the molecule is CCCCSC1CC(=O)N(CCCCCC(=O)N[C@H](C(=O)C[C@@H](CCCNC(N)=O)C(=O)Nc2ccc(COC(C)=O)cc2)C(C)C)C1=O.CC[C@H](C)[C@@H]([C@@H](CC(=O)N1CCC[C@H]1[C@H](OC)[C@@H](C)C(=O)C[C@H](C)[C@@H](O)c1ccccc1)OC)N(C)C(=O)[C@@H](CC(=O)[C@H](C(C)C)N(C)C)C(C)C. The standard InChI is InChI=1S/C42H71N3O7.C35H53N5O8S/c1-14-28(6)39(44(11)42(50)32(26(2)3)24-35(47)38(27(4)5)43(9)10)36(51-12)25-37(48)45-22-18-21-33(45)41(52-13)30(8)34(46)23-29(7)40(49)31-19-16-15-17-20-31;1-5-6-19-49-29-21-31(44)40(34(29)46)18-9-7-8-12-30(43)39-32(23(2)3)28(42)20-26(11-10-17-37-35(36)47)33(45)38-27-15-13-25(14-16-27)22-48-24(4)41/h15-17,19-20,26-30,32-33,36,38-41,49H,14,18,21-25H2,1-13H3;13-16,23,26,29,32H,5-12,17-22H2,1-4H3,(H,38,45)(H,39,43)(H3,36,37,47)/t28-,29-,30-,32-,33-,36+,38-,39-,40+,41+;26-,29?,32+/m01/s1. The van der Waals surface area contributed by atoms with Crippen molar-refractivity contribution in [2.24, 2.45) is 53.1 Å². The Kier molecular flexibility index (Phi) is 39.9. The largest absolute Gasteiger partial charge is 0.461 e. The lowest BCUT2D eigenvalue weighted by Gasteiger charge is -2.41. The Morgan fingerprint density at radius 2 is 1.42 bits per heavy atom. The highest BCUT2D eigenvalue weighted by Gasteiger charge is 2.44. The molecule has 568 valence electrons. The van der Waals surface area contributed by atoms with E-state index in [4.69, 9.17) is 19.9 Å². The summed E-state index contributed by atoms with van der Waals surface area (Å²) in [5.74, 6) is -3.05. The third kappa shape index (κ3) is 28.9. The number of esters is 1. The summed E-state index contributed by atoms with van der Waals surface area (Å²) in [6.45, 7) is 24.2. The summed E-state index contributed by atoms with van der Waals surface area (Å²) in [7, 11) is 8.76. The van der Waals surface area contributed by atoms with Gasteiger partial charge in [0, 0.05) is 103 Å². The molecule has 4 rings (SSSR count). The number of carbonyl (C=O) groups excluding carboxylic acids is 11. The number of anilines is 1. The van der Waals surface area contributed by atoms with Gasteiger partial charge in [0.15, 0.2) is 11.6 Å². The number of urea groups is 1. The molecule has 0 aromatic heterocycles. The highest BCUT2D eigenvalue weighted by Crippen LogP contribution is 2.34. The molecule has 13 atom stereocenters. The lowest BCUT2D eigenvalue weighted by molar-refractivity contribution is -0.149. The number of rotatable bonds is 45. The molecular weight excluding hydrogens is 1310 g/mol. The third-order valence-electron chi connectivity index (χ3n) is 19.8. The molecule has 0 spiro atoms. The van der Waals surface area contributed by atoms with Crippen molar-refractivity contribution in [2.45, 2.75) is 240 Å². The van der Waals surface area contributed by atoms with E-state index in [1.54, 1.807) is 62.2 Å². The van der Waals surface area contributed by atoms with Crippen LogP contribution < -0.4 is 21.7 Å². The minimum Gasteiger partial charge on any atom is -0.461 e. The predicted octanol–water partition coefficient (Wildman–Crippen LogP) is 10.1. The number of benzene rings is 2. The maximum absolute atomic E-state index is 14.3. The zero-order valence-electron chi connectivity index (χ0n) is 63.7. The normalized spacial score (nSPS) is 18.0. The molecule has 0 aliphatic carbocycles. The smallest absolute Gasteiger partial charge is 0.312 e. The number of Topliss-reactive ketones (excluding diaryl/α,β-unsaturated/α-hetero) is 3. The molecule has 24 heteroatoms. The molecule has 2 aromatic rings. The summed E-state index contributed by atoms with van der Waals surface area (Å²) in [6, 6.07) is 13.7. The molecule has 0 saturated carbocycles. The average Bonchev–Trinajstić information content (AvgIpc) is 1.80. The molecule has 8 amide bonds. The number of unbranched alkanes of at least 4 members (excludes halogenated alkanes) is 3. The Bertz CT molecular complexity index is 2940. The van der Waals surface area contributed by atoms with Gasteiger partial charge in [-0.05, 0) is 118 Å². The van der Waals surface area contributed by atoms with Gasteiger partial charge >= 0.3 is 12.0 Å². The van der Waals surface area contributed by atoms with Gasteiger partial charge in [0.2, 0.25) is 35.4 Å². The number of nitrogens with two attached hydrogens (primary N) is 1. The van der Waals surface area contributed by atoms with Crippen molar-refractivity contribution >= 4 is 82.2 Å². The van der Waals surface area contributed by atoms with Gasteiger partial charge in [0.25, 0.3) is 0 Å². The number of nitrogens with zero attached hydrogens (tertiary/aromatic N) is 4. The Hall–Kier alpha value is -6.60. The topological polar surface area (TPSA) is 311 Å². The molecule has 101 heavy (non-hydrogen) atoms. The number of hydrogen-bond donors (Lipinski definition) is 5. The second-order valence-corrected chi connectivity index (χ2v) is 30.2. The maximum Gasteiger partial charge on any atom is 0.312 e. The average molecular weight is 1430 g/mol. The fourth-order valence-electron chi connectivity index (χ4n) is 13.8. The van der Waals surface area contributed by atoms with Crippen molar-refractivity contribution in [2.75, 3.05) is 66.1 Å². The Morgan fingerprint density at radius 1 is 0.752 bits per heavy atom. The fraction of sp³-hybridized carbons (Fsp3) is 0.701. The number of aliphatic hydroxyl groups excluding tert-OH is 1. The van der Waals surface area contributed by atoms with Crippen molar-refractivity contribution in [3.63, 3.8) is 0 Å². The van der Waals surface area contributed by atoms with Crippen LogP contribution in [0.2, 0.25) is 0 Å². The Labute approximate surface area is 606 Å². The van der Waals surface area contributed by atoms with E-state index in [1.165, 1.54) is 11.8 Å². The van der Waals surface area contributed by atoms with E-state index in [9.17, 15) is 57.8 Å². The predicted molar refractivity (Wildman–Crippen MR) is 395 cm³/mol. The van der Waals surface area contributed by atoms with Gasteiger partial charge in [-0.1, -0.05) is 138 Å². The zero-order chi connectivity index (χ0) is 75.8. The molecule has 2 aliphatic heterocycles. The van der Waals surface area contributed by atoms with Crippen LogP contribution in [0.4, 0.5) is 10.5 Å². The minimum absolute atomic E-state index is 0.0103. The summed E-state index contributed by atoms with van der Waals surface area (Å²) in [5, 5.41) is 18.8. The van der Waals surface area contributed by atoms with E-state index < -0.39 is 60.1 Å². The molecule has 2 heterocycles. The number of likely N-dealkylation sites (N-methyl/N-ethyl adjacent to an activating group) is 2. The van der Waals surface area contributed by atoms with Crippen LogP contribution in [0.5, 0.6) is 0 Å². The van der Waals surface area contributed by atoms with E-state index >= 15 is 0 Å². The van der Waals surface area contributed by atoms with E-state index in [0.29, 0.717) is 57.3 Å². The van der Waals surface area contributed by atoms with Crippen molar-refractivity contribution in [1.82, 2.24) is 30.2 Å². The van der Waals surface area contributed by atoms with Gasteiger partial charge in [0.1, 0.15) is 12.4 Å². The fourth-order valence-corrected chi connectivity index (χ4v) is 15.0. The van der Waals surface area contributed by atoms with E-state index in [2.05, 4.69) is 36.7 Å². The van der Waals surface area contributed by atoms with Crippen LogP contribution in [0, 0.1) is 47.3 Å². The van der Waals surface area contributed by atoms with Gasteiger partial charge < -0.3 is 50.8 Å². The van der Waals surface area contributed by atoms with Crippen LogP contribution in [0.25, 0.3) is 0 Å². The van der Waals surface area contributed by atoms with Crippen molar-refractivity contribution in [1.29, 1.82) is 0 Å². The van der Waals surface area contributed by atoms with Crippen LogP contribution in [0.15, 0.2) is 54.6 Å². The molecule has 1 unspecified atom stereocenters. The van der Waals surface area contributed by atoms with Crippen LogP contribution in [0.3, 0.4) is 0 Å². The molecule has 2 fully saturated rings. The van der Waals surface area contributed by atoms with Gasteiger partial charge in [-0.3, -0.25) is 57.7 Å². The van der Waals surface area contributed by atoms with Crippen molar-refractivity contribution < 1.29 is 72.1 Å². The number of ether oxygens (including phenoxy) is 3. The third-order valence-corrected chi connectivity index (χ3v) is 21.1. The second-order valence-electron chi connectivity index (χ2n) is 28.9. The van der Waals surface area contributed by atoms with Gasteiger partial charge in [0.05, 0.1) is 54.2 Å². The quantitative estimate of drug-likeness (QED) is 0.0234. The highest BCUT2D eigenvalue weighted by molar-refractivity contribution is 8.00.